The van der Waals surface area contributed by atoms with Gasteiger partial charge in [0.25, 0.3) is 5.91 Å². The lowest BCUT2D eigenvalue weighted by molar-refractivity contribution is -0.144. The summed E-state index contributed by atoms with van der Waals surface area (Å²) in [5, 5.41) is 0. The predicted molar refractivity (Wildman–Crippen MR) is 82.5 cm³/mol. The van der Waals surface area contributed by atoms with Gasteiger partial charge in [-0.3, -0.25) is 14.2 Å². The van der Waals surface area contributed by atoms with Crippen molar-refractivity contribution in [2.24, 2.45) is 0 Å². The molecule has 0 fully saturated rings. The molecule has 1 atom stereocenters. The predicted octanol–water partition coefficient (Wildman–Crippen LogP) is 2.86. The van der Waals surface area contributed by atoms with Gasteiger partial charge in [-0.05, 0) is 34.1 Å². The zero-order chi connectivity index (χ0) is 16.5. The quantitative estimate of drug-likeness (QED) is 0.432. The summed E-state index contributed by atoms with van der Waals surface area (Å²) in [5.41, 5.74) is -1.02. The Morgan fingerprint density at radius 1 is 1.00 bits per heavy atom. The Balaban J connectivity index is 5.40. The Hall–Kier alpha value is -0.710. The van der Waals surface area contributed by atoms with Crippen molar-refractivity contribution in [1.29, 1.82) is 0 Å². The van der Waals surface area contributed by atoms with Gasteiger partial charge in [-0.15, -0.1) is 0 Å². The molecular weight excluding hydrogens is 293 g/mol. The van der Waals surface area contributed by atoms with E-state index >= 15 is 0 Å². The van der Waals surface area contributed by atoms with E-state index in [-0.39, 0.29) is 13.2 Å². The SMILES string of the molecule is CCCC(C(=O)C(=O)N(CC)CC)P(=O)(OCC)OCC. The third kappa shape index (κ3) is 5.53. The molecule has 1 amide bonds. The van der Waals surface area contributed by atoms with Crippen LogP contribution in [0.1, 0.15) is 47.5 Å². The van der Waals surface area contributed by atoms with Gasteiger partial charge in [-0.25, -0.2) is 0 Å². The zero-order valence-electron chi connectivity index (χ0n) is 13.8. The van der Waals surface area contributed by atoms with Crippen molar-refractivity contribution in [3.8, 4) is 0 Å². The monoisotopic (exact) mass is 321 g/mol. The topological polar surface area (TPSA) is 72.9 Å². The van der Waals surface area contributed by atoms with Gasteiger partial charge >= 0.3 is 7.60 Å². The van der Waals surface area contributed by atoms with Crippen LogP contribution < -0.4 is 0 Å². The minimum atomic E-state index is -3.61. The van der Waals surface area contributed by atoms with Crippen LogP contribution in [0.15, 0.2) is 0 Å². The van der Waals surface area contributed by atoms with E-state index in [0.29, 0.717) is 25.9 Å². The lowest BCUT2D eigenvalue weighted by Gasteiger charge is -2.26. The highest BCUT2D eigenvalue weighted by Crippen LogP contribution is 2.55. The lowest BCUT2D eigenvalue weighted by Crippen LogP contribution is -2.41. The number of amides is 1. The van der Waals surface area contributed by atoms with Crippen LogP contribution in [0.25, 0.3) is 0 Å². The minimum Gasteiger partial charge on any atom is -0.337 e. The highest BCUT2D eigenvalue weighted by molar-refractivity contribution is 7.56. The number of carbonyl (C=O) groups is 2. The van der Waals surface area contributed by atoms with Crippen LogP contribution in [0, 0.1) is 0 Å². The highest BCUT2D eigenvalue weighted by atomic mass is 31.2. The summed E-state index contributed by atoms with van der Waals surface area (Å²) >= 11 is 0. The second kappa shape index (κ2) is 10.1. The Morgan fingerprint density at radius 2 is 1.48 bits per heavy atom. The summed E-state index contributed by atoms with van der Waals surface area (Å²) in [5.74, 6) is -1.29. The number of hydrogen-bond acceptors (Lipinski definition) is 5. The molecule has 0 aromatic carbocycles. The molecule has 0 aliphatic rings. The number of nitrogens with zero attached hydrogens (tertiary/aromatic N) is 1. The maximum absolute atomic E-state index is 12.8. The molecule has 124 valence electrons. The Kier molecular flexibility index (Phi) is 9.75. The van der Waals surface area contributed by atoms with E-state index in [1.807, 2.05) is 6.92 Å². The third-order valence-electron chi connectivity index (χ3n) is 3.13. The summed E-state index contributed by atoms with van der Waals surface area (Å²) in [6, 6.07) is 0. The first kappa shape index (κ1) is 20.3. The molecule has 0 saturated heterocycles. The van der Waals surface area contributed by atoms with Gasteiger partial charge in [-0.2, -0.15) is 0 Å². The summed E-state index contributed by atoms with van der Waals surface area (Å²) in [6.45, 7) is 10.1. The second-order valence-electron chi connectivity index (χ2n) is 4.52. The van der Waals surface area contributed by atoms with E-state index in [9.17, 15) is 14.2 Å². The molecule has 0 rings (SSSR count). The number of rotatable bonds is 11. The zero-order valence-corrected chi connectivity index (χ0v) is 14.7. The van der Waals surface area contributed by atoms with Crippen molar-refractivity contribution in [2.45, 2.75) is 53.1 Å². The van der Waals surface area contributed by atoms with Gasteiger partial charge in [0.1, 0.15) is 5.66 Å². The van der Waals surface area contributed by atoms with Crippen LogP contribution in [0.5, 0.6) is 0 Å². The lowest BCUT2D eigenvalue weighted by atomic mass is 10.1. The molecule has 0 bridgehead atoms. The summed E-state index contributed by atoms with van der Waals surface area (Å²) in [7, 11) is -3.61. The molecule has 0 spiro atoms. The smallest absolute Gasteiger partial charge is 0.337 e. The maximum atomic E-state index is 12.8. The fourth-order valence-corrected chi connectivity index (χ4v) is 4.22. The van der Waals surface area contributed by atoms with Crippen molar-refractivity contribution in [1.82, 2.24) is 4.90 Å². The minimum absolute atomic E-state index is 0.171. The van der Waals surface area contributed by atoms with Crippen LogP contribution in [0.4, 0.5) is 0 Å². The molecule has 0 heterocycles. The standard InChI is InChI=1S/C14H28NO5P/c1-6-11-12(21(18,19-9-4)20-10-5)13(16)14(17)15(7-2)8-3/h12H,6-11H2,1-5H3. The van der Waals surface area contributed by atoms with Gasteiger partial charge < -0.3 is 13.9 Å². The molecule has 21 heavy (non-hydrogen) atoms. The molecule has 0 radical (unpaired) electrons. The van der Waals surface area contributed by atoms with E-state index < -0.39 is 24.9 Å². The Labute approximate surface area is 127 Å². The summed E-state index contributed by atoms with van der Waals surface area (Å²) < 4.78 is 23.3. The normalized spacial score (nSPS) is 13.0. The molecule has 6 nitrogen and oxygen atoms in total. The van der Waals surface area contributed by atoms with E-state index in [2.05, 4.69) is 0 Å². The first-order chi connectivity index (χ1) is 9.91. The van der Waals surface area contributed by atoms with Crippen molar-refractivity contribution < 1.29 is 23.2 Å². The van der Waals surface area contributed by atoms with Crippen LogP contribution >= 0.6 is 7.60 Å². The number of ketones is 1. The van der Waals surface area contributed by atoms with Gasteiger partial charge in [0.2, 0.25) is 5.78 Å². The highest BCUT2D eigenvalue weighted by Gasteiger charge is 2.43. The van der Waals surface area contributed by atoms with Crippen molar-refractivity contribution in [2.75, 3.05) is 26.3 Å². The van der Waals surface area contributed by atoms with Gasteiger partial charge in [0, 0.05) is 13.1 Å². The number of Topliss-reactive ketones (excluding diaryl/α,β-unsaturated/α-hetero) is 1. The van der Waals surface area contributed by atoms with E-state index in [0.717, 1.165) is 0 Å². The van der Waals surface area contributed by atoms with E-state index in [4.69, 9.17) is 9.05 Å². The van der Waals surface area contributed by atoms with E-state index in [1.54, 1.807) is 27.7 Å². The van der Waals surface area contributed by atoms with E-state index in [1.165, 1.54) is 4.90 Å². The first-order valence-electron chi connectivity index (χ1n) is 7.63. The van der Waals surface area contributed by atoms with Crippen LogP contribution in [0.3, 0.4) is 0 Å². The number of carbonyl (C=O) groups excluding carboxylic acids is 2. The van der Waals surface area contributed by atoms with Crippen LogP contribution in [-0.2, 0) is 23.2 Å². The number of likely N-dealkylation sites (N-methyl/N-ethyl adjacent to an activating group) is 1. The van der Waals surface area contributed by atoms with Crippen molar-refractivity contribution in [3.63, 3.8) is 0 Å². The molecule has 0 aliphatic heterocycles. The van der Waals surface area contributed by atoms with Crippen LogP contribution in [0.2, 0.25) is 0 Å². The number of hydrogen-bond donors (Lipinski definition) is 0. The van der Waals surface area contributed by atoms with Gasteiger partial charge in [0.15, 0.2) is 0 Å². The fourth-order valence-electron chi connectivity index (χ4n) is 2.09. The fraction of sp³-hybridized carbons (Fsp3) is 0.857. The van der Waals surface area contributed by atoms with Crippen LogP contribution in [-0.4, -0.2) is 48.6 Å². The molecule has 7 heteroatoms. The second-order valence-corrected chi connectivity index (χ2v) is 6.74. The average Bonchev–Trinajstić information content (AvgIpc) is 2.45. The van der Waals surface area contributed by atoms with Crippen molar-refractivity contribution in [3.05, 3.63) is 0 Å². The Bertz CT molecular complexity index is 372. The summed E-state index contributed by atoms with van der Waals surface area (Å²) in [6.07, 6.45) is 0.926. The Morgan fingerprint density at radius 3 is 1.81 bits per heavy atom. The summed E-state index contributed by atoms with van der Waals surface area (Å²) in [4.78, 5) is 26.1. The molecule has 0 N–H and O–H groups in total. The van der Waals surface area contributed by atoms with Crippen molar-refractivity contribution >= 4 is 19.3 Å². The maximum Gasteiger partial charge on any atom is 0.341 e. The molecule has 0 aliphatic carbocycles. The van der Waals surface area contributed by atoms with Gasteiger partial charge in [0.05, 0.1) is 13.2 Å². The first-order valence-corrected chi connectivity index (χ1v) is 9.24. The molecule has 0 saturated carbocycles. The average molecular weight is 321 g/mol. The molecule has 0 aromatic heterocycles. The van der Waals surface area contributed by atoms with Gasteiger partial charge in [-0.1, -0.05) is 13.3 Å². The third-order valence-corrected chi connectivity index (χ3v) is 5.62. The molecular formula is C14H28NO5P. The molecule has 0 aromatic rings. The largest absolute Gasteiger partial charge is 0.341 e. The molecule has 1 unspecified atom stereocenters.